The fraction of sp³-hybridized carbons (Fsp3) is 0.462. The van der Waals surface area contributed by atoms with Crippen molar-refractivity contribution in [3.63, 3.8) is 0 Å². The summed E-state index contributed by atoms with van der Waals surface area (Å²) in [5.41, 5.74) is 1.72. The highest BCUT2D eigenvalue weighted by atomic mass is 35.5. The molecule has 2 aromatic rings. The van der Waals surface area contributed by atoms with Gasteiger partial charge in [0.05, 0.1) is 22.6 Å². The van der Waals surface area contributed by atoms with Gasteiger partial charge < -0.3 is 20.8 Å². The largest absolute Gasteiger partial charge is 0.481 e. The molecule has 0 aliphatic carbocycles. The summed E-state index contributed by atoms with van der Waals surface area (Å²) in [5.74, 6) is -2.34. The summed E-state index contributed by atoms with van der Waals surface area (Å²) in [4.78, 5) is 25.0. The van der Waals surface area contributed by atoms with Gasteiger partial charge in [0.25, 0.3) is 0 Å². The summed E-state index contributed by atoms with van der Waals surface area (Å²) >= 11 is 0. The monoisotopic (exact) mass is 556 g/mol. The number of carboxylic acids is 2. The Labute approximate surface area is 226 Å². The molecule has 0 bridgehead atoms. The summed E-state index contributed by atoms with van der Waals surface area (Å²) < 4.78 is 13.4. The average Bonchev–Trinajstić information content (AvgIpc) is 3.55. The molecule has 2 heterocycles. The molecule has 0 aromatic heterocycles. The van der Waals surface area contributed by atoms with Crippen molar-refractivity contribution < 1.29 is 24.0 Å². The molecule has 0 saturated carbocycles. The van der Waals surface area contributed by atoms with E-state index in [1.165, 1.54) is 0 Å². The second-order valence-corrected chi connectivity index (χ2v) is 10.8. The normalized spacial score (nSPS) is 20.8. The van der Waals surface area contributed by atoms with Crippen LogP contribution in [0.15, 0.2) is 58.3 Å². The van der Waals surface area contributed by atoms with Crippen LogP contribution >= 0.6 is 24.8 Å². The SMILES string of the molecule is Cl.Cl.O=C(O)[C@@H](Cc1cccc(S(=O)c2cccc(C[C@H](C(=O)O)[C@H]3CCNC3)c2)c1)[C@H]1CCNC1. The molecule has 7 nitrogen and oxygen atoms in total. The highest BCUT2D eigenvalue weighted by molar-refractivity contribution is 7.85. The number of aliphatic carboxylic acids is 2. The Hall–Kier alpha value is -1.97. The first kappa shape index (κ1) is 30.3. The highest BCUT2D eigenvalue weighted by Gasteiger charge is 2.31. The van der Waals surface area contributed by atoms with Gasteiger partial charge >= 0.3 is 11.9 Å². The quantitative estimate of drug-likeness (QED) is 0.354. The molecule has 0 spiro atoms. The van der Waals surface area contributed by atoms with Gasteiger partial charge in [0.1, 0.15) is 0 Å². The van der Waals surface area contributed by atoms with Gasteiger partial charge in [-0.3, -0.25) is 9.59 Å². The average molecular weight is 558 g/mol. The predicted molar refractivity (Wildman–Crippen MR) is 144 cm³/mol. The smallest absolute Gasteiger partial charge is 0.307 e. The van der Waals surface area contributed by atoms with E-state index in [1.54, 1.807) is 12.1 Å². The van der Waals surface area contributed by atoms with Crippen molar-refractivity contribution in [1.29, 1.82) is 0 Å². The Morgan fingerprint density at radius 1 is 0.806 bits per heavy atom. The molecule has 2 fully saturated rings. The first-order valence-corrected chi connectivity index (χ1v) is 13.0. The number of hydrogen-bond donors (Lipinski definition) is 4. The number of carbonyl (C=O) groups is 2. The van der Waals surface area contributed by atoms with Crippen LogP contribution < -0.4 is 10.6 Å². The zero-order valence-electron chi connectivity index (χ0n) is 19.9. The fourth-order valence-electron chi connectivity index (χ4n) is 5.17. The molecule has 2 saturated heterocycles. The summed E-state index contributed by atoms with van der Waals surface area (Å²) in [5, 5.41) is 25.9. The van der Waals surface area contributed by atoms with E-state index in [0.717, 1.165) is 37.1 Å². The van der Waals surface area contributed by atoms with Crippen molar-refractivity contribution >= 4 is 47.6 Å². The number of halogens is 2. The van der Waals surface area contributed by atoms with Crippen LogP contribution in [0.4, 0.5) is 0 Å². The van der Waals surface area contributed by atoms with Gasteiger partial charge in [-0.15, -0.1) is 24.8 Å². The lowest BCUT2D eigenvalue weighted by molar-refractivity contribution is -0.144. The van der Waals surface area contributed by atoms with Crippen molar-refractivity contribution in [2.45, 2.75) is 35.5 Å². The van der Waals surface area contributed by atoms with Gasteiger partial charge in [-0.1, -0.05) is 24.3 Å². The van der Waals surface area contributed by atoms with Gasteiger partial charge in [0, 0.05) is 9.79 Å². The number of carboxylic acid groups (broad SMARTS) is 2. The number of benzene rings is 2. The molecule has 4 rings (SSSR count). The van der Waals surface area contributed by atoms with Crippen LogP contribution in [0.2, 0.25) is 0 Å². The maximum absolute atomic E-state index is 13.4. The Morgan fingerprint density at radius 3 is 1.56 bits per heavy atom. The molecule has 10 heteroatoms. The Balaban J connectivity index is 0.00000228. The second kappa shape index (κ2) is 14.1. The lowest BCUT2D eigenvalue weighted by Crippen LogP contribution is -2.27. The van der Waals surface area contributed by atoms with E-state index in [4.69, 9.17) is 0 Å². The first-order valence-electron chi connectivity index (χ1n) is 11.9. The van der Waals surface area contributed by atoms with E-state index in [9.17, 15) is 24.0 Å². The van der Waals surface area contributed by atoms with Crippen LogP contribution in [-0.4, -0.2) is 52.5 Å². The molecule has 0 unspecified atom stereocenters. The molecule has 2 aliphatic rings. The van der Waals surface area contributed by atoms with E-state index in [0.29, 0.717) is 35.7 Å². The van der Waals surface area contributed by atoms with Crippen LogP contribution in [0.25, 0.3) is 0 Å². The Kier molecular flexibility index (Phi) is 11.8. The summed E-state index contributed by atoms with van der Waals surface area (Å²) in [6.45, 7) is 3.11. The van der Waals surface area contributed by atoms with Gasteiger partial charge in [0.2, 0.25) is 0 Å². The van der Waals surface area contributed by atoms with E-state index in [2.05, 4.69) is 10.6 Å². The number of rotatable bonds is 10. The molecule has 0 radical (unpaired) electrons. The van der Waals surface area contributed by atoms with Gasteiger partial charge in [-0.2, -0.15) is 0 Å². The molecular weight excluding hydrogens is 523 g/mol. The Morgan fingerprint density at radius 2 is 1.22 bits per heavy atom. The van der Waals surface area contributed by atoms with E-state index in [-0.39, 0.29) is 36.6 Å². The summed E-state index contributed by atoms with van der Waals surface area (Å²) in [7, 11) is -1.44. The number of hydrogen-bond acceptors (Lipinski definition) is 5. The molecule has 2 aliphatic heterocycles. The zero-order valence-corrected chi connectivity index (χ0v) is 22.4. The topological polar surface area (TPSA) is 116 Å². The van der Waals surface area contributed by atoms with Gasteiger partial charge in [-0.05, 0) is 99.1 Å². The fourth-order valence-corrected chi connectivity index (χ4v) is 6.36. The van der Waals surface area contributed by atoms with Crippen molar-refractivity contribution in [3.8, 4) is 0 Å². The van der Waals surface area contributed by atoms with Crippen LogP contribution in [0.5, 0.6) is 0 Å². The van der Waals surface area contributed by atoms with Crippen molar-refractivity contribution in [1.82, 2.24) is 10.6 Å². The molecule has 36 heavy (non-hydrogen) atoms. The molecular formula is C26H34Cl2N2O5S. The summed E-state index contributed by atoms with van der Waals surface area (Å²) in [6, 6.07) is 14.7. The third-order valence-corrected chi connectivity index (χ3v) is 8.47. The lowest BCUT2D eigenvalue weighted by atomic mass is 9.86. The highest BCUT2D eigenvalue weighted by Crippen LogP contribution is 2.27. The first-order chi connectivity index (χ1) is 16.4. The molecule has 2 aromatic carbocycles. The second-order valence-electron chi connectivity index (χ2n) is 9.37. The van der Waals surface area contributed by atoms with Gasteiger partial charge in [0.15, 0.2) is 0 Å². The van der Waals surface area contributed by atoms with Crippen molar-refractivity contribution in [2.75, 3.05) is 26.2 Å². The Bertz CT molecular complexity index is 977. The molecule has 198 valence electrons. The summed E-state index contributed by atoms with van der Waals surface area (Å²) in [6.07, 6.45) is 2.51. The minimum absolute atomic E-state index is 0. The molecule has 4 N–H and O–H groups in total. The van der Waals surface area contributed by atoms with Crippen LogP contribution in [-0.2, 0) is 33.2 Å². The van der Waals surface area contributed by atoms with E-state index < -0.39 is 34.6 Å². The zero-order chi connectivity index (χ0) is 24.1. The van der Waals surface area contributed by atoms with Crippen LogP contribution in [0, 0.1) is 23.7 Å². The maximum atomic E-state index is 13.4. The van der Waals surface area contributed by atoms with Crippen molar-refractivity contribution in [3.05, 3.63) is 59.7 Å². The van der Waals surface area contributed by atoms with E-state index in [1.807, 2.05) is 36.4 Å². The maximum Gasteiger partial charge on any atom is 0.307 e. The third kappa shape index (κ3) is 7.52. The van der Waals surface area contributed by atoms with Crippen LogP contribution in [0.1, 0.15) is 24.0 Å². The van der Waals surface area contributed by atoms with E-state index >= 15 is 0 Å². The molecule has 0 amide bonds. The number of nitrogens with one attached hydrogen (secondary N) is 2. The van der Waals surface area contributed by atoms with Crippen LogP contribution in [0.3, 0.4) is 0 Å². The standard InChI is InChI=1S/C26H32N2O5S.2ClH/c29-25(30)23(19-7-9-27-15-19)13-17-3-1-5-21(11-17)34(33)22-6-2-4-18(12-22)14-24(26(31)32)20-8-10-28-16-20;;/h1-6,11-12,19-20,23-24,27-28H,7-10,13-16H2,(H,29,30)(H,31,32);2*1H/t19-,20-,23-,24-;;/m0../s1. The lowest BCUT2D eigenvalue weighted by Gasteiger charge is -2.19. The third-order valence-electron chi connectivity index (χ3n) is 7.11. The minimum Gasteiger partial charge on any atom is -0.481 e. The minimum atomic E-state index is -1.44. The van der Waals surface area contributed by atoms with Gasteiger partial charge in [-0.25, -0.2) is 4.21 Å². The predicted octanol–water partition coefficient (Wildman–Crippen LogP) is 3.40. The van der Waals surface area contributed by atoms with Crippen molar-refractivity contribution in [2.24, 2.45) is 23.7 Å². The molecule has 4 atom stereocenters.